The molecule has 0 saturated heterocycles. The molecule has 2 heteroatoms. The summed E-state index contributed by atoms with van der Waals surface area (Å²) >= 11 is 0. The standard InChI is InChI=1S/C19H25NO/c1-20(13-12-15-6-3-2-4-7-15)19(21)18-11-10-16-8-5-9-17(18)14-16/h2-4,6-7,11,16-17H,5,8-10,12-14H2,1H3. The normalized spacial score (nSPS) is 24.3. The average Bonchev–Trinajstić information content (AvgIpc) is 2.53. The molecule has 2 nitrogen and oxygen atoms in total. The number of carbonyl (C=O) groups excluding carboxylic acids is 1. The number of amides is 1. The van der Waals surface area contributed by atoms with E-state index in [2.05, 4.69) is 30.3 Å². The van der Waals surface area contributed by atoms with E-state index in [1.54, 1.807) is 0 Å². The minimum atomic E-state index is 0.260. The first-order chi connectivity index (χ1) is 10.2. The Morgan fingerprint density at radius 1 is 1.24 bits per heavy atom. The van der Waals surface area contributed by atoms with Gasteiger partial charge in [-0.15, -0.1) is 0 Å². The molecule has 1 aromatic rings. The Kier molecular flexibility index (Phi) is 4.42. The number of hydrogen-bond donors (Lipinski definition) is 0. The number of nitrogens with zero attached hydrogens (tertiary/aromatic N) is 1. The number of likely N-dealkylation sites (N-methyl/N-ethyl adjacent to an activating group) is 1. The van der Waals surface area contributed by atoms with Crippen molar-refractivity contribution in [2.45, 2.75) is 38.5 Å². The topological polar surface area (TPSA) is 20.3 Å². The SMILES string of the molecule is CN(CCc1ccccc1)C(=O)C1=CCC2CCCC1C2. The van der Waals surface area contributed by atoms with Gasteiger partial charge in [0.1, 0.15) is 0 Å². The van der Waals surface area contributed by atoms with E-state index < -0.39 is 0 Å². The van der Waals surface area contributed by atoms with Crippen molar-refractivity contribution in [1.82, 2.24) is 4.90 Å². The third kappa shape index (κ3) is 3.37. The van der Waals surface area contributed by atoms with E-state index in [1.165, 1.54) is 31.2 Å². The van der Waals surface area contributed by atoms with Crippen molar-refractivity contribution < 1.29 is 4.79 Å². The number of rotatable bonds is 4. The smallest absolute Gasteiger partial charge is 0.249 e. The van der Waals surface area contributed by atoms with Crippen molar-refractivity contribution in [3.05, 3.63) is 47.5 Å². The molecule has 2 bridgehead atoms. The monoisotopic (exact) mass is 283 g/mol. The molecule has 0 heterocycles. The van der Waals surface area contributed by atoms with Gasteiger partial charge in [0, 0.05) is 19.2 Å². The van der Waals surface area contributed by atoms with Crippen LogP contribution in [0.2, 0.25) is 0 Å². The Morgan fingerprint density at radius 3 is 2.86 bits per heavy atom. The Morgan fingerprint density at radius 2 is 2.05 bits per heavy atom. The molecule has 1 amide bonds. The molecular formula is C19H25NO. The lowest BCUT2D eigenvalue weighted by Crippen LogP contribution is -2.35. The van der Waals surface area contributed by atoms with Gasteiger partial charge in [0.25, 0.3) is 0 Å². The van der Waals surface area contributed by atoms with Crippen LogP contribution >= 0.6 is 0 Å². The van der Waals surface area contributed by atoms with Gasteiger partial charge in [0.05, 0.1) is 0 Å². The second-order valence-electron chi connectivity index (χ2n) is 6.59. The van der Waals surface area contributed by atoms with Gasteiger partial charge in [-0.05, 0) is 43.1 Å². The lowest BCUT2D eigenvalue weighted by atomic mass is 9.72. The zero-order valence-corrected chi connectivity index (χ0v) is 12.9. The van der Waals surface area contributed by atoms with E-state index in [0.29, 0.717) is 5.92 Å². The molecule has 0 aromatic heterocycles. The molecule has 1 saturated carbocycles. The van der Waals surface area contributed by atoms with E-state index in [0.717, 1.165) is 30.9 Å². The van der Waals surface area contributed by atoms with Crippen molar-refractivity contribution in [1.29, 1.82) is 0 Å². The molecule has 1 fully saturated rings. The molecule has 2 atom stereocenters. The maximum Gasteiger partial charge on any atom is 0.249 e. The highest BCUT2D eigenvalue weighted by atomic mass is 16.2. The number of benzene rings is 1. The largest absolute Gasteiger partial charge is 0.342 e. The van der Waals surface area contributed by atoms with Crippen LogP contribution in [0.25, 0.3) is 0 Å². The second kappa shape index (κ2) is 6.46. The van der Waals surface area contributed by atoms with Gasteiger partial charge in [-0.1, -0.05) is 49.2 Å². The predicted molar refractivity (Wildman–Crippen MR) is 85.9 cm³/mol. The number of hydrogen-bond acceptors (Lipinski definition) is 1. The summed E-state index contributed by atoms with van der Waals surface area (Å²) in [6.45, 7) is 0.802. The van der Waals surface area contributed by atoms with Gasteiger partial charge in [-0.25, -0.2) is 0 Å². The van der Waals surface area contributed by atoms with Crippen molar-refractivity contribution in [2.75, 3.05) is 13.6 Å². The maximum absolute atomic E-state index is 12.7. The molecule has 2 unspecified atom stereocenters. The minimum absolute atomic E-state index is 0.260. The van der Waals surface area contributed by atoms with Crippen LogP contribution in [0.3, 0.4) is 0 Å². The Bertz CT molecular complexity index is 520. The highest BCUT2D eigenvalue weighted by Crippen LogP contribution is 2.40. The van der Waals surface area contributed by atoms with Gasteiger partial charge in [0.15, 0.2) is 0 Å². The zero-order chi connectivity index (χ0) is 14.7. The Balaban J connectivity index is 1.59. The van der Waals surface area contributed by atoms with Crippen molar-refractivity contribution in [3.8, 4) is 0 Å². The summed E-state index contributed by atoms with van der Waals surface area (Å²) in [6, 6.07) is 10.4. The summed E-state index contributed by atoms with van der Waals surface area (Å²) in [5, 5.41) is 0. The van der Waals surface area contributed by atoms with Crippen LogP contribution in [0.5, 0.6) is 0 Å². The molecule has 2 aliphatic carbocycles. The molecule has 0 spiro atoms. The van der Waals surface area contributed by atoms with Gasteiger partial charge >= 0.3 is 0 Å². The first-order valence-electron chi connectivity index (χ1n) is 8.23. The fourth-order valence-electron chi connectivity index (χ4n) is 3.77. The first kappa shape index (κ1) is 14.4. The van der Waals surface area contributed by atoms with Crippen LogP contribution in [0.15, 0.2) is 42.0 Å². The number of allylic oxidation sites excluding steroid dienone is 1. The number of carbonyl (C=O) groups is 1. The zero-order valence-electron chi connectivity index (χ0n) is 12.9. The highest BCUT2D eigenvalue weighted by Gasteiger charge is 2.32. The fraction of sp³-hybridized carbons (Fsp3) is 0.526. The lowest BCUT2D eigenvalue weighted by Gasteiger charge is -2.35. The Labute approximate surface area is 127 Å². The summed E-state index contributed by atoms with van der Waals surface area (Å²) < 4.78 is 0. The molecule has 0 N–H and O–H groups in total. The van der Waals surface area contributed by atoms with E-state index >= 15 is 0 Å². The van der Waals surface area contributed by atoms with Gasteiger partial charge < -0.3 is 4.90 Å². The maximum atomic E-state index is 12.7. The van der Waals surface area contributed by atoms with Crippen LogP contribution in [0, 0.1) is 11.8 Å². The van der Waals surface area contributed by atoms with E-state index in [4.69, 9.17) is 0 Å². The molecule has 112 valence electrons. The minimum Gasteiger partial charge on any atom is -0.342 e. The molecule has 21 heavy (non-hydrogen) atoms. The molecular weight excluding hydrogens is 258 g/mol. The van der Waals surface area contributed by atoms with Crippen molar-refractivity contribution >= 4 is 5.91 Å². The van der Waals surface area contributed by atoms with Gasteiger partial charge in [0.2, 0.25) is 5.91 Å². The quantitative estimate of drug-likeness (QED) is 0.822. The average molecular weight is 283 g/mol. The summed E-state index contributed by atoms with van der Waals surface area (Å²) in [6.07, 6.45) is 9.39. The second-order valence-corrected chi connectivity index (χ2v) is 6.59. The molecule has 1 aromatic carbocycles. The van der Waals surface area contributed by atoms with Crippen LogP contribution < -0.4 is 0 Å². The Hall–Kier alpha value is -1.57. The summed E-state index contributed by atoms with van der Waals surface area (Å²) in [4.78, 5) is 14.6. The fourth-order valence-corrected chi connectivity index (χ4v) is 3.77. The van der Waals surface area contributed by atoms with Crippen molar-refractivity contribution in [2.24, 2.45) is 11.8 Å². The highest BCUT2D eigenvalue weighted by molar-refractivity contribution is 5.94. The molecule has 0 radical (unpaired) electrons. The number of fused-ring (bicyclic) bond motifs is 2. The molecule has 0 aliphatic heterocycles. The summed E-state index contributed by atoms with van der Waals surface area (Å²) in [5.41, 5.74) is 2.40. The van der Waals surface area contributed by atoms with Crippen LogP contribution in [-0.2, 0) is 11.2 Å². The third-order valence-electron chi connectivity index (χ3n) is 5.07. The van der Waals surface area contributed by atoms with Gasteiger partial charge in [-0.2, -0.15) is 0 Å². The van der Waals surface area contributed by atoms with Crippen molar-refractivity contribution in [3.63, 3.8) is 0 Å². The van der Waals surface area contributed by atoms with Crippen LogP contribution in [0.1, 0.15) is 37.7 Å². The van der Waals surface area contributed by atoms with Crippen LogP contribution in [-0.4, -0.2) is 24.4 Å². The van der Waals surface area contributed by atoms with Gasteiger partial charge in [-0.3, -0.25) is 4.79 Å². The first-order valence-corrected chi connectivity index (χ1v) is 8.23. The van der Waals surface area contributed by atoms with E-state index in [-0.39, 0.29) is 5.91 Å². The summed E-state index contributed by atoms with van der Waals surface area (Å²) in [7, 11) is 1.95. The van der Waals surface area contributed by atoms with E-state index in [9.17, 15) is 4.79 Å². The van der Waals surface area contributed by atoms with Crippen LogP contribution in [0.4, 0.5) is 0 Å². The molecule has 3 rings (SSSR count). The molecule has 2 aliphatic rings. The van der Waals surface area contributed by atoms with E-state index in [1.807, 2.05) is 18.0 Å². The lowest BCUT2D eigenvalue weighted by molar-refractivity contribution is -0.126. The summed E-state index contributed by atoms with van der Waals surface area (Å²) in [5.74, 6) is 1.63. The predicted octanol–water partition coefficient (Wildman–Crippen LogP) is 3.82. The third-order valence-corrected chi connectivity index (χ3v) is 5.07.